The molecule has 0 aliphatic carbocycles. The van der Waals surface area contributed by atoms with Crippen LogP contribution < -0.4 is 0 Å². The Kier molecular flexibility index (Phi) is 3.97. The Bertz CT molecular complexity index is 4690. The van der Waals surface area contributed by atoms with Gasteiger partial charge in [0.25, 0.3) is 0 Å². The van der Waals surface area contributed by atoms with Gasteiger partial charge in [0.05, 0.1) is 61.9 Å². The molecule has 3 nitrogen and oxygen atoms in total. The van der Waals surface area contributed by atoms with Gasteiger partial charge in [0.2, 0.25) is 0 Å². The minimum Gasteiger partial charge on any atom is -0.309 e. The van der Waals surface area contributed by atoms with Gasteiger partial charge in [-0.05, 0) is 95.2 Å². The summed E-state index contributed by atoms with van der Waals surface area (Å²) >= 11 is 0. The van der Waals surface area contributed by atoms with Crippen molar-refractivity contribution in [3.63, 3.8) is 0 Å². The molecule has 58 heavy (non-hydrogen) atoms. The fourth-order valence-electron chi connectivity index (χ4n) is 8.06. The first-order valence-corrected chi connectivity index (χ1v) is 18.3. The van der Waals surface area contributed by atoms with Gasteiger partial charge >= 0.3 is 0 Å². The molecular formula is C55H37N3. The summed E-state index contributed by atoms with van der Waals surface area (Å²) in [5.41, 5.74) is 1.05. The van der Waals surface area contributed by atoms with Crippen molar-refractivity contribution in [3.8, 4) is 39.3 Å². The van der Waals surface area contributed by atoms with Gasteiger partial charge in [0.15, 0.2) is 0 Å². The normalized spacial score (nSPS) is 16.9. The zero-order chi connectivity index (χ0) is 56.6. The quantitative estimate of drug-likeness (QED) is 0.166. The SMILES string of the molecule is [2H]c1c([2H])c([2H])c2c(c1[2H])c1c([2H])c([2H])c(-n3c4c([2H])c([2H])c([2H])c([2H])c4c4c(C)c(-n5c6c([2H])c([2H])c([2H])c([2H])c6c6c([2H])c([2H])c([2H])c([2H])c65)c([2H])c([2H])c43)c([2H])c1n2-c1ccc(-c2ccc(-c3ccccc3)cc2)cc1. The highest BCUT2D eigenvalue weighted by atomic mass is 15.0. The van der Waals surface area contributed by atoms with E-state index in [2.05, 4.69) is 0 Å². The standard InChI is InChI=1S/C55H37N3/c1-36-48(58-50-20-10-6-15-43(50)44-16-7-11-21-51(44)58)33-34-53-55(36)47-18-8-12-22-52(47)57(53)42-31-32-46-45-17-5-9-19-49(45)56(54(46)35-42)41-29-27-40(28-30-41)39-25-23-38(24-26-39)37-13-3-2-4-14-37/h2-35H,1H3/i5D,6D,7D,8D,9D,10D,11D,12D,15D,16D,17D,18D,19D,20D,21D,22D,31D,32D,33D,34D,35D. The lowest BCUT2D eigenvalue weighted by Gasteiger charge is -2.14. The van der Waals surface area contributed by atoms with Gasteiger partial charge in [0.1, 0.15) is 0 Å². The largest absolute Gasteiger partial charge is 0.309 e. The van der Waals surface area contributed by atoms with Crippen LogP contribution in [0.15, 0.2) is 206 Å². The first kappa shape index (κ1) is 18.1. The van der Waals surface area contributed by atoms with Crippen molar-refractivity contribution < 1.29 is 28.8 Å². The highest BCUT2D eigenvalue weighted by molar-refractivity contribution is 6.15. The minimum absolute atomic E-state index is 0.0822. The summed E-state index contributed by atoms with van der Waals surface area (Å²) in [6, 6.07) is 10.1. The maximum Gasteiger partial charge on any atom is 0.0667 e. The summed E-state index contributed by atoms with van der Waals surface area (Å²) < 4.78 is 196. The fraction of sp³-hybridized carbons (Fsp3) is 0.0182. The van der Waals surface area contributed by atoms with Crippen LogP contribution in [0.4, 0.5) is 0 Å². The lowest BCUT2D eigenvalue weighted by Crippen LogP contribution is -1.99. The van der Waals surface area contributed by atoms with E-state index in [-0.39, 0.29) is 76.8 Å². The van der Waals surface area contributed by atoms with Crippen LogP contribution in [0.2, 0.25) is 0 Å². The van der Waals surface area contributed by atoms with E-state index >= 15 is 0 Å². The molecule has 272 valence electrons. The number of aromatic nitrogens is 3. The molecule has 3 heterocycles. The number of nitrogens with zero attached hydrogens (tertiary/aromatic N) is 3. The van der Waals surface area contributed by atoms with E-state index in [1.807, 2.05) is 54.6 Å². The Morgan fingerprint density at radius 2 is 0.793 bits per heavy atom. The zero-order valence-electron chi connectivity index (χ0n) is 51.3. The molecule has 0 aliphatic heterocycles. The third-order valence-corrected chi connectivity index (χ3v) is 10.7. The van der Waals surface area contributed by atoms with Gasteiger partial charge in [-0.15, -0.1) is 0 Å². The fourth-order valence-corrected chi connectivity index (χ4v) is 8.06. The summed E-state index contributed by atoms with van der Waals surface area (Å²) in [5, 5.41) is -1.50. The molecule has 0 aliphatic rings. The second-order valence-electron chi connectivity index (χ2n) is 13.8. The Labute approximate surface area is 365 Å². The van der Waals surface area contributed by atoms with E-state index in [1.54, 1.807) is 24.3 Å². The molecule has 0 bridgehead atoms. The molecule has 0 radical (unpaired) electrons. The lowest BCUT2D eigenvalue weighted by atomic mass is 10.0. The van der Waals surface area contributed by atoms with Gasteiger partial charge in [-0.25, -0.2) is 0 Å². The molecule has 3 heteroatoms. The third kappa shape index (κ3) is 4.80. The van der Waals surface area contributed by atoms with Gasteiger partial charge in [0, 0.05) is 49.4 Å². The van der Waals surface area contributed by atoms with Crippen molar-refractivity contribution in [1.29, 1.82) is 0 Å². The molecule has 0 saturated heterocycles. The second kappa shape index (κ2) is 12.7. The van der Waals surface area contributed by atoms with Crippen LogP contribution in [0.1, 0.15) is 34.3 Å². The number of aryl methyl sites for hydroxylation is 1. The van der Waals surface area contributed by atoms with E-state index in [9.17, 15) is 12.3 Å². The van der Waals surface area contributed by atoms with E-state index in [4.69, 9.17) is 16.4 Å². The number of rotatable bonds is 5. The van der Waals surface area contributed by atoms with Crippen molar-refractivity contribution in [1.82, 2.24) is 13.7 Å². The van der Waals surface area contributed by atoms with Gasteiger partial charge in [-0.1, -0.05) is 145 Å². The molecule has 0 saturated carbocycles. The Hall–Kier alpha value is -7.62. The zero-order valence-corrected chi connectivity index (χ0v) is 30.3. The monoisotopic (exact) mass is 760 g/mol. The number of fused-ring (bicyclic) bond motifs is 9. The maximum absolute atomic E-state index is 10.2. The molecule has 0 unspecified atom stereocenters. The van der Waals surface area contributed by atoms with Crippen LogP contribution in [0.3, 0.4) is 0 Å². The Morgan fingerprint density at radius 3 is 1.38 bits per heavy atom. The number of hydrogen-bond acceptors (Lipinski definition) is 0. The predicted octanol–water partition coefficient (Wildman–Crippen LogP) is 14.6. The van der Waals surface area contributed by atoms with Crippen LogP contribution in [-0.4, -0.2) is 13.7 Å². The molecule has 0 amide bonds. The summed E-state index contributed by atoms with van der Waals surface area (Å²) in [4.78, 5) is 0. The van der Waals surface area contributed by atoms with Crippen molar-refractivity contribution in [2.24, 2.45) is 0 Å². The van der Waals surface area contributed by atoms with E-state index in [0.717, 1.165) is 31.4 Å². The molecule has 0 atom stereocenters. The summed E-state index contributed by atoms with van der Waals surface area (Å²) in [6.07, 6.45) is 0. The molecule has 0 spiro atoms. The molecule has 12 rings (SSSR count). The van der Waals surface area contributed by atoms with Gasteiger partial charge in [-0.2, -0.15) is 0 Å². The van der Waals surface area contributed by atoms with Gasteiger partial charge < -0.3 is 13.7 Å². The Balaban J connectivity index is 1.22. The first-order valence-electron chi connectivity index (χ1n) is 28.8. The summed E-state index contributed by atoms with van der Waals surface area (Å²) in [5.74, 6) is 0. The molecular weight excluding hydrogens is 703 g/mol. The van der Waals surface area contributed by atoms with Crippen LogP contribution in [0, 0.1) is 6.92 Å². The van der Waals surface area contributed by atoms with Gasteiger partial charge in [-0.3, -0.25) is 0 Å². The number of para-hydroxylation sites is 4. The first-order chi connectivity index (χ1) is 37.5. The summed E-state index contributed by atoms with van der Waals surface area (Å²) in [6.45, 7) is 1.40. The minimum atomic E-state index is -0.774. The van der Waals surface area contributed by atoms with Crippen molar-refractivity contribution in [3.05, 3.63) is 211 Å². The maximum atomic E-state index is 10.2. The van der Waals surface area contributed by atoms with Crippen molar-refractivity contribution >= 4 is 65.4 Å². The van der Waals surface area contributed by atoms with Crippen LogP contribution in [0.5, 0.6) is 0 Å². The third-order valence-electron chi connectivity index (χ3n) is 10.7. The topological polar surface area (TPSA) is 14.8 Å². The molecule has 12 aromatic rings. The highest BCUT2D eigenvalue weighted by Crippen LogP contribution is 2.41. The van der Waals surface area contributed by atoms with Crippen LogP contribution >= 0.6 is 0 Å². The van der Waals surface area contributed by atoms with Crippen LogP contribution in [-0.2, 0) is 0 Å². The van der Waals surface area contributed by atoms with E-state index in [1.165, 1.54) is 11.5 Å². The van der Waals surface area contributed by atoms with Crippen molar-refractivity contribution in [2.75, 3.05) is 0 Å². The highest BCUT2D eigenvalue weighted by Gasteiger charge is 2.20. The smallest absolute Gasteiger partial charge is 0.0667 e. The number of hydrogen-bond donors (Lipinski definition) is 0. The van der Waals surface area contributed by atoms with E-state index < -0.39 is 138 Å². The molecule has 9 aromatic carbocycles. The summed E-state index contributed by atoms with van der Waals surface area (Å²) in [7, 11) is 0. The molecule has 0 N–H and O–H groups in total. The molecule has 3 aromatic heterocycles. The molecule has 0 fully saturated rings. The average molecular weight is 761 g/mol. The van der Waals surface area contributed by atoms with E-state index in [0.29, 0.717) is 0 Å². The predicted molar refractivity (Wildman–Crippen MR) is 245 cm³/mol. The average Bonchev–Trinajstić information content (AvgIpc) is 4.33. The van der Waals surface area contributed by atoms with Crippen LogP contribution in [0.25, 0.3) is 105 Å². The second-order valence-corrected chi connectivity index (χ2v) is 13.8. The lowest BCUT2D eigenvalue weighted by molar-refractivity contribution is 1.14. The number of benzene rings is 9. The van der Waals surface area contributed by atoms with Crippen molar-refractivity contribution in [2.45, 2.75) is 6.92 Å². The Morgan fingerprint density at radius 1 is 0.345 bits per heavy atom.